The van der Waals surface area contributed by atoms with Crippen LogP contribution in [0.1, 0.15) is 35.2 Å². The first kappa shape index (κ1) is 16.3. The number of hydrogen-bond donors (Lipinski definition) is 2. The summed E-state index contributed by atoms with van der Waals surface area (Å²) in [6, 6.07) is 2.39. The average Bonchev–Trinajstić information content (AvgIpc) is 2.33. The van der Waals surface area contributed by atoms with Crippen LogP contribution >= 0.6 is 0 Å². The van der Waals surface area contributed by atoms with Gasteiger partial charge in [0.15, 0.2) is 0 Å². The number of rotatable bonds is 5. The first-order chi connectivity index (χ1) is 9.20. The molecule has 0 bridgehead atoms. The van der Waals surface area contributed by atoms with E-state index in [9.17, 15) is 22.4 Å². The number of nitrogens with two attached hydrogens (primary N) is 1. The molecule has 0 unspecified atom stereocenters. The number of hydrogen-bond acceptors (Lipinski definition) is 2. The van der Waals surface area contributed by atoms with Gasteiger partial charge in [0, 0.05) is 29.8 Å². The Balaban J connectivity index is 2.44. The number of carbonyl (C=O) groups excluding carboxylic acids is 1. The summed E-state index contributed by atoms with van der Waals surface area (Å²) < 4.78 is 49.1. The lowest BCUT2D eigenvalue weighted by atomic mass is 10.1. The number of amides is 1. The van der Waals surface area contributed by atoms with Crippen molar-refractivity contribution in [2.24, 2.45) is 0 Å². The molecule has 0 saturated carbocycles. The van der Waals surface area contributed by atoms with Gasteiger partial charge in [0.25, 0.3) is 5.91 Å². The largest absolute Gasteiger partial charge is 0.398 e. The first-order valence-electron chi connectivity index (χ1n) is 6.11. The van der Waals surface area contributed by atoms with Crippen LogP contribution in [0.25, 0.3) is 0 Å². The van der Waals surface area contributed by atoms with Gasteiger partial charge in [-0.25, -0.2) is 4.39 Å². The molecule has 0 spiro atoms. The zero-order valence-electron chi connectivity index (χ0n) is 11.0. The molecule has 7 heteroatoms. The summed E-state index contributed by atoms with van der Waals surface area (Å²) in [5, 5.41) is 2.43. The standard InChI is InChI=1S/C13H16F4N2O/c1-8-10(14)6-9(7-11(8)18)12(20)19-5-3-2-4-13(15,16)17/h6-7H,2-5,18H2,1H3,(H,19,20). The lowest BCUT2D eigenvalue weighted by Crippen LogP contribution is -2.25. The van der Waals surface area contributed by atoms with E-state index < -0.39 is 24.3 Å². The quantitative estimate of drug-likeness (QED) is 0.497. The van der Waals surface area contributed by atoms with Crippen molar-refractivity contribution in [2.45, 2.75) is 32.4 Å². The molecule has 0 aliphatic rings. The molecular formula is C13H16F4N2O. The fraction of sp³-hybridized carbons (Fsp3) is 0.462. The zero-order valence-corrected chi connectivity index (χ0v) is 11.0. The van der Waals surface area contributed by atoms with E-state index in [4.69, 9.17) is 5.73 Å². The maximum absolute atomic E-state index is 13.4. The van der Waals surface area contributed by atoms with Crippen LogP contribution in [0.5, 0.6) is 0 Å². The molecule has 0 atom stereocenters. The second kappa shape index (κ2) is 6.58. The highest BCUT2D eigenvalue weighted by atomic mass is 19.4. The van der Waals surface area contributed by atoms with Gasteiger partial charge in [-0.05, 0) is 31.9 Å². The van der Waals surface area contributed by atoms with Crippen LogP contribution in [0.3, 0.4) is 0 Å². The van der Waals surface area contributed by atoms with Crippen molar-refractivity contribution in [1.82, 2.24) is 5.32 Å². The molecule has 3 nitrogen and oxygen atoms in total. The number of benzene rings is 1. The van der Waals surface area contributed by atoms with Crippen molar-refractivity contribution in [3.05, 3.63) is 29.1 Å². The van der Waals surface area contributed by atoms with Gasteiger partial charge < -0.3 is 11.1 Å². The summed E-state index contributed by atoms with van der Waals surface area (Å²) in [6.45, 7) is 1.59. The van der Waals surface area contributed by atoms with Gasteiger partial charge in [-0.2, -0.15) is 13.2 Å². The molecule has 3 N–H and O–H groups in total. The third kappa shape index (κ3) is 5.07. The van der Waals surface area contributed by atoms with Gasteiger partial charge in [-0.15, -0.1) is 0 Å². The number of nitrogen functional groups attached to an aromatic ring is 1. The van der Waals surface area contributed by atoms with Crippen LogP contribution in [0, 0.1) is 12.7 Å². The maximum atomic E-state index is 13.4. The van der Waals surface area contributed by atoms with Gasteiger partial charge >= 0.3 is 6.18 Å². The fourth-order valence-electron chi connectivity index (χ4n) is 1.59. The predicted octanol–water partition coefficient (Wildman–Crippen LogP) is 3.18. The van der Waals surface area contributed by atoms with Gasteiger partial charge in [-0.3, -0.25) is 4.79 Å². The third-order valence-electron chi connectivity index (χ3n) is 2.82. The number of anilines is 1. The molecule has 0 aliphatic carbocycles. The molecule has 1 aromatic carbocycles. The second-order valence-corrected chi connectivity index (χ2v) is 4.50. The smallest absolute Gasteiger partial charge is 0.389 e. The highest BCUT2D eigenvalue weighted by Gasteiger charge is 2.25. The SMILES string of the molecule is Cc1c(N)cc(C(=O)NCCCCC(F)(F)F)cc1F. The molecule has 1 aromatic rings. The van der Waals surface area contributed by atoms with Gasteiger partial charge in [0.05, 0.1) is 0 Å². The Morgan fingerprint density at radius 3 is 2.50 bits per heavy atom. The highest BCUT2D eigenvalue weighted by Crippen LogP contribution is 2.22. The Hall–Kier alpha value is -1.79. The number of alkyl halides is 3. The minimum atomic E-state index is -4.18. The van der Waals surface area contributed by atoms with E-state index in [2.05, 4.69) is 5.32 Å². The Morgan fingerprint density at radius 2 is 1.95 bits per heavy atom. The second-order valence-electron chi connectivity index (χ2n) is 4.50. The van der Waals surface area contributed by atoms with E-state index in [0.29, 0.717) is 0 Å². The van der Waals surface area contributed by atoms with Crippen LogP contribution in [0.4, 0.5) is 23.2 Å². The van der Waals surface area contributed by atoms with E-state index in [0.717, 1.165) is 6.07 Å². The molecule has 0 radical (unpaired) electrons. The van der Waals surface area contributed by atoms with Crippen molar-refractivity contribution in [2.75, 3.05) is 12.3 Å². The molecule has 0 saturated heterocycles. The van der Waals surface area contributed by atoms with Crippen LogP contribution in [0.15, 0.2) is 12.1 Å². The van der Waals surface area contributed by atoms with E-state index in [1.165, 1.54) is 13.0 Å². The number of carbonyl (C=O) groups is 1. The average molecular weight is 292 g/mol. The van der Waals surface area contributed by atoms with Gasteiger partial charge in [0.2, 0.25) is 0 Å². The molecule has 112 valence electrons. The number of nitrogens with one attached hydrogen (secondary N) is 1. The van der Waals surface area contributed by atoms with Gasteiger partial charge in [0.1, 0.15) is 5.82 Å². The van der Waals surface area contributed by atoms with Gasteiger partial charge in [-0.1, -0.05) is 0 Å². The van der Waals surface area contributed by atoms with Crippen molar-refractivity contribution >= 4 is 11.6 Å². The summed E-state index contributed by atoms with van der Waals surface area (Å²) >= 11 is 0. The summed E-state index contributed by atoms with van der Waals surface area (Å²) in [6.07, 6.45) is -4.92. The van der Waals surface area contributed by atoms with E-state index >= 15 is 0 Å². The van der Waals surface area contributed by atoms with Crippen molar-refractivity contribution in [3.8, 4) is 0 Å². The summed E-state index contributed by atoms with van der Waals surface area (Å²) in [4.78, 5) is 11.7. The zero-order chi connectivity index (χ0) is 15.3. The van der Waals surface area contributed by atoms with Crippen LogP contribution in [-0.4, -0.2) is 18.6 Å². The Bertz CT molecular complexity index is 463. The molecule has 0 heterocycles. The monoisotopic (exact) mass is 292 g/mol. The topological polar surface area (TPSA) is 55.1 Å². The molecular weight excluding hydrogens is 276 g/mol. The lowest BCUT2D eigenvalue weighted by Gasteiger charge is -2.09. The summed E-state index contributed by atoms with van der Waals surface area (Å²) in [7, 11) is 0. The third-order valence-corrected chi connectivity index (χ3v) is 2.82. The van der Waals surface area contributed by atoms with E-state index in [1.807, 2.05) is 0 Å². The lowest BCUT2D eigenvalue weighted by molar-refractivity contribution is -0.135. The molecule has 1 rings (SSSR count). The normalized spacial score (nSPS) is 11.4. The van der Waals surface area contributed by atoms with Crippen LogP contribution in [0.2, 0.25) is 0 Å². The number of halogens is 4. The molecule has 20 heavy (non-hydrogen) atoms. The van der Waals surface area contributed by atoms with Crippen molar-refractivity contribution in [1.29, 1.82) is 0 Å². The molecule has 0 aromatic heterocycles. The minimum Gasteiger partial charge on any atom is -0.398 e. The first-order valence-corrected chi connectivity index (χ1v) is 6.11. The Labute approximate surface area is 114 Å². The van der Waals surface area contributed by atoms with E-state index in [-0.39, 0.29) is 36.2 Å². The Morgan fingerprint density at radius 1 is 1.30 bits per heavy atom. The van der Waals surface area contributed by atoms with Crippen LogP contribution < -0.4 is 11.1 Å². The van der Waals surface area contributed by atoms with Crippen molar-refractivity contribution in [3.63, 3.8) is 0 Å². The summed E-state index contributed by atoms with van der Waals surface area (Å²) in [5.41, 5.74) is 6.01. The van der Waals surface area contributed by atoms with Crippen molar-refractivity contribution < 1.29 is 22.4 Å². The Kier molecular flexibility index (Phi) is 5.35. The minimum absolute atomic E-state index is 0.0569. The van der Waals surface area contributed by atoms with E-state index in [1.54, 1.807) is 0 Å². The molecule has 1 amide bonds. The highest BCUT2D eigenvalue weighted by molar-refractivity contribution is 5.95. The molecule has 0 aliphatic heterocycles. The number of unbranched alkanes of at least 4 members (excludes halogenated alkanes) is 1. The molecule has 0 fully saturated rings. The summed E-state index contributed by atoms with van der Waals surface area (Å²) in [5.74, 6) is -1.14. The van der Waals surface area contributed by atoms with Crippen LogP contribution in [-0.2, 0) is 0 Å². The predicted molar refractivity (Wildman–Crippen MR) is 67.8 cm³/mol. The maximum Gasteiger partial charge on any atom is 0.389 e. The fourth-order valence-corrected chi connectivity index (χ4v) is 1.59.